The smallest absolute Gasteiger partial charge is 0.266 e. The second kappa shape index (κ2) is 11.5. The van der Waals surface area contributed by atoms with E-state index in [4.69, 9.17) is 4.98 Å². The first-order chi connectivity index (χ1) is 18.1. The standard InChI is InChI=1S/C30H25N3O2S2/c1-2-21-16-18-22(19-17-21)33-29(35)24-12-6-7-13-25(24)32-30(33)36-20-28(34)31-26-14-8-9-15-27(26)37-23-10-4-3-5-11-23/h3-19H,2,20H2,1H3,(H,31,34). The molecule has 1 aromatic heterocycles. The zero-order valence-electron chi connectivity index (χ0n) is 20.3. The van der Waals surface area contributed by atoms with Gasteiger partial charge in [0.15, 0.2) is 5.16 Å². The third kappa shape index (κ3) is 5.79. The van der Waals surface area contributed by atoms with E-state index in [-0.39, 0.29) is 17.2 Å². The number of thioether (sulfide) groups is 1. The molecule has 5 rings (SSSR count). The normalized spacial score (nSPS) is 10.9. The van der Waals surface area contributed by atoms with Gasteiger partial charge in [0.05, 0.1) is 28.0 Å². The van der Waals surface area contributed by atoms with Crippen molar-refractivity contribution in [2.75, 3.05) is 11.1 Å². The highest BCUT2D eigenvalue weighted by molar-refractivity contribution is 8.00. The Balaban J connectivity index is 1.40. The number of amides is 1. The molecule has 37 heavy (non-hydrogen) atoms. The van der Waals surface area contributed by atoms with Crippen LogP contribution in [0.5, 0.6) is 0 Å². The monoisotopic (exact) mass is 523 g/mol. The van der Waals surface area contributed by atoms with Crippen molar-refractivity contribution < 1.29 is 4.79 Å². The fraction of sp³-hybridized carbons (Fsp3) is 0.100. The number of anilines is 1. The molecule has 5 aromatic rings. The molecule has 0 saturated carbocycles. The SMILES string of the molecule is CCc1ccc(-n2c(SCC(=O)Nc3ccccc3Sc3ccccc3)nc3ccccc3c2=O)cc1. The van der Waals surface area contributed by atoms with Crippen LogP contribution in [0.3, 0.4) is 0 Å². The molecule has 1 amide bonds. The van der Waals surface area contributed by atoms with Gasteiger partial charge in [-0.25, -0.2) is 4.98 Å². The first kappa shape index (κ1) is 24.9. The molecule has 0 unspecified atom stereocenters. The summed E-state index contributed by atoms with van der Waals surface area (Å²) in [5.41, 5.74) is 3.13. The highest BCUT2D eigenvalue weighted by Gasteiger charge is 2.16. The van der Waals surface area contributed by atoms with E-state index >= 15 is 0 Å². The predicted molar refractivity (Wildman–Crippen MR) is 153 cm³/mol. The molecule has 184 valence electrons. The number of fused-ring (bicyclic) bond motifs is 1. The Morgan fingerprint density at radius 1 is 0.865 bits per heavy atom. The van der Waals surface area contributed by atoms with Gasteiger partial charge < -0.3 is 5.32 Å². The Morgan fingerprint density at radius 3 is 2.35 bits per heavy atom. The van der Waals surface area contributed by atoms with Crippen LogP contribution in [0.25, 0.3) is 16.6 Å². The van der Waals surface area contributed by atoms with Crippen molar-refractivity contribution in [2.24, 2.45) is 0 Å². The molecule has 0 atom stereocenters. The van der Waals surface area contributed by atoms with Crippen LogP contribution in [0.1, 0.15) is 12.5 Å². The largest absolute Gasteiger partial charge is 0.324 e. The number of aromatic nitrogens is 2. The van der Waals surface area contributed by atoms with Crippen molar-refractivity contribution >= 4 is 46.0 Å². The van der Waals surface area contributed by atoms with E-state index < -0.39 is 0 Å². The molecule has 0 bridgehead atoms. The van der Waals surface area contributed by atoms with Crippen LogP contribution in [0.4, 0.5) is 5.69 Å². The van der Waals surface area contributed by atoms with E-state index in [0.717, 1.165) is 27.6 Å². The van der Waals surface area contributed by atoms with E-state index in [1.54, 1.807) is 22.4 Å². The van der Waals surface area contributed by atoms with Crippen LogP contribution in [-0.2, 0) is 11.2 Å². The molecule has 1 heterocycles. The Morgan fingerprint density at radius 2 is 1.57 bits per heavy atom. The molecule has 1 N–H and O–H groups in total. The van der Waals surface area contributed by atoms with Gasteiger partial charge in [-0.2, -0.15) is 0 Å². The van der Waals surface area contributed by atoms with Gasteiger partial charge in [0.2, 0.25) is 5.91 Å². The summed E-state index contributed by atoms with van der Waals surface area (Å²) in [7, 11) is 0. The maximum atomic E-state index is 13.5. The number of carbonyl (C=O) groups is 1. The van der Waals surface area contributed by atoms with E-state index in [9.17, 15) is 9.59 Å². The van der Waals surface area contributed by atoms with Gasteiger partial charge in [-0.15, -0.1) is 0 Å². The molecule has 0 radical (unpaired) electrons. The maximum absolute atomic E-state index is 13.5. The molecule has 7 heteroatoms. The lowest BCUT2D eigenvalue weighted by Crippen LogP contribution is -2.23. The first-order valence-corrected chi connectivity index (χ1v) is 13.8. The van der Waals surface area contributed by atoms with E-state index in [0.29, 0.717) is 16.1 Å². The topological polar surface area (TPSA) is 64.0 Å². The minimum Gasteiger partial charge on any atom is -0.324 e. The van der Waals surface area contributed by atoms with Crippen LogP contribution in [0, 0.1) is 0 Å². The van der Waals surface area contributed by atoms with Crippen LogP contribution in [0.15, 0.2) is 123 Å². The minimum atomic E-state index is -0.165. The number of carbonyl (C=O) groups excluding carboxylic acids is 1. The number of hydrogen-bond donors (Lipinski definition) is 1. The molecule has 0 aliphatic heterocycles. The summed E-state index contributed by atoms with van der Waals surface area (Å²) < 4.78 is 1.60. The third-order valence-corrected chi connectivity index (χ3v) is 7.83. The van der Waals surface area contributed by atoms with Gasteiger partial charge in [0.1, 0.15) is 0 Å². The molecule has 0 aliphatic carbocycles. The van der Waals surface area contributed by atoms with E-state index in [1.807, 2.05) is 97.1 Å². The van der Waals surface area contributed by atoms with Gasteiger partial charge in [0.25, 0.3) is 5.56 Å². The molecular weight excluding hydrogens is 498 g/mol. The molecule has 5 nitrogen and oxygen atoms in total. The second-order valence-corrected chi connectivity index (χ2v) is 10.4. The molecule has 0 spiro atoms. The highest BCUT2D eigenvalue weighted by atomic mass is 32.2. The summed E-state index contributed by atoms with van der Waals surface area (Å²) in [5.74, 6) is -0.0521. The minimum absolute atomic E-state index is 0.113. The number of nitrogens with one attached hydrogen (secondary N) is 1. The van der Waals surface area contributed by atoms with Crippen molar-refractivity contribution in [3.8, 4) is 5.69 Å². The zero-order chi connectivity index (χ0) is 25.6. The van der Waals surface area contributed by atoms with Crippen LogP contribution in [-0.4, -0.2) is 21.2 Å². The second-order valence-electron chi connectivity index (χ2n) is 8.32. The number of nitrogens with zero attached hydrogens (tertiary/aromatic N) is 2. The lowest BCUT2D eigenvalue weighted by atomic mass is 10.1. The average Bonchev–Trinajstić information content (AvgIpc) is 2.94. The van der Waals surface area contributed by atoms with Gasteiger partial charge in [0, 0.05) is 9.79 Å². The van der Waals surface area contributed by atoms with Crippen LogP contribution >= 0.6 is 23.5 Å². The fourth-order valence-electron chi connectivity index (χ4n) is 3.91. The van der Waals surface area contributed by atoms with Gasteiger partial charge in [-0.05, 0) is 60.5 Å². The molecular formula is C30H25N3O2S2. The van der Waals surface area contributed by atoms with Crippen molar-refractivity contribution in [3.05, 3.63) is 119 Å². The van der Waals surface area contributed by atoms with E-state index in [1.165, 1.54) is 17.3 Å². The summed E-state index contributed by atoms with van der Waals surface area (Å²) in [6.07, 6.45) is 0.914. The Labute approximate surface area is 224 Å². The van der Waals surface area contributed by atoms with Crippen molar-refractivity contribution in [2.45, 2.75) is 28.3 Å². The van der Waals surface area contributed by atoms with Gasteiger partial charge >= 0.3 is 0 Å². The molecule has 0 aliphatic rings. The lowest BCUT2D eigenvalue weighted by molar-refractivity contribution is -0.113. The summed E-state index contributed by atoms with van der Waals surface area (Å²) in [4.78, 5) is 33.3. The van der Waals surface area contributed by atoms with Crippen molar-refractivity contribution in [3.63, 3.8) is 0 Å². The number of hydrogen-bond acceptors (Lipinski definition) is 5. The number of para-hydroxylation sites is 2. The Hall–Kier alpha value is -3.81. The summed E-state index contributed by atoms with van der Waals surface area (Å²) >= 11 is 2.85. The molecule has 4 aromatic carbocycles. The lowest BCUT2D eigenvalue weighted by Gasteiger charge is -2.14. The summed E-state index contributed by atoms with van der Waals surface area (Å²) in [6, 6.07) is 33.0. The van der Waals surface area contributed by atoms with E-state index in [2.05, 4.69) is 12.2 Å². The Bertz CT molecular complexity index is 1600. The van der Waals surface area contributed by atoms with Crippen molar-refractivity contribution in [1.29, 1.82) is 0 Å². The highest BCUT2D eigenvalue weighted by Crippen LogP contribution is 2.33. The fourth-order valence-corrected chi connectivity index (χ4v) is 5.64. The summed E-state index contributed by atoms with van der Waals surface area (Å²) in [6.45, 7) is 2.09. The maximum Gasteiger partial charge on any atom is 0.266 e. The zero-order valence-corrected chi connectivity index (χ0v) is 21.9. The first-order valence-electron chi connectivity index (χ1n) is 12.0. The number of aryl methyl sites for hydroxylation is 1. The average molecular weight is 524 g/mol. The van der Waals surface area contributed by atoms with Crippen LogP contribution < -0.4 is 10.9 Å². The van der Waals surface area contributed by atoms with Gasteiger partial charge in [-0.1, -0.05) is 85.0 Å². The van der Waals surface area contributed by atoms with Gasteiger partial charge in [-0.3, -0.25) is 14.2 Å². The Kier molecular flexibility index (Phi) is 7.73. The third-order valence-electron chi connectivity index (χ3n) is 5.81. The number of rotatable bonds is 8. The quantitative estimate of drug-likeness (QED) is 0.178. The molecule has 0 fully saturated rings. The predicted octanol–water partition coefficient (Wildman–Crippen LogP) is 6.83. The summed E-state index contributed by atoms with van der Waals surface area (Å²) in [5, 5.41) is 4.06. The van der Waals surface area contributed by atoms with Crippen LogP contribution in [0.2, 0.25) is 0 Å². The number of benzene rings is 4. The van der Waals surface area contributed by atoms with Crippen molar-refractivity contribution in [1.82, 2.24) is 9.55 Å². The molecule has 0 saturated heterocycles.